The van der Waals surface area contributed by atoms with Crippen LogP contribution in [0.5, 0.6) is 0 Å². The number of benzene rings is 3. The number of thioether (sulfide) groups is 1. The number of halogens is 2. The average molecular weight is 544 g/mol. The largest absolute Gasteiger partial charge is 0.354 e. The van der Waals surface area contributed by atoms with Crippen LogP contribution in [0.3, 0.4) is 0 Å². The van der Waals surface area contributed by atoms with E-state index in [0.717, 1.165) is 29.5 Å². The van der Waals surface area contributed by atoms with Crippen molar-refractivity contribution in [2.24, 2.45) is 0 Å². The van der Waals surface area contributed by atoms with Gasteiger partial charge in [-0.15, -0.1) is 11.8 Å². The zero-order valence-corrected chi connectivity index (χ0v) is 22.8. The SMILES string of the molecule is CCCCNC(=O)[C@@H](Cc1ccccc1)N(Cc1ccc(Cl)cc1)C(=O)CSCc1ccccc1Cl. The van der Waals surface area contributed by atoms with Gasteiger partial charge in [0.25, 0.3) is 0 Å². The molecule has 0 radical (unpaired) electrons. The van der Waals surface area contributed by atoms with Crippen molar-refractivity contribution in [3.8, 4) is 0 Å². The number of unbranched alkanes of at least 4 members (excludes halogenated alkanes) is 1. The van der Waals surface area contributed by atoms with E-state index in [-0.39, 0.29) is 17.6 Å². The van der Waals surface area contributed by atoms with E-state index in [1.54, 1.807) is 17.0 Å². The fourth-order valence-electron chi connectivity index (χ4n) is 3.79. The molecule has 0 aromatic heterocycles. The third-order valence-electron chi connectivity index (χ3n) is 5.81. The fourth-order valence-corrected chi connectivity index (χ4v) is 5.12. The van der Waals surface area contributed by atoms with Gasteiger partial charge in [-0.1, -0.05) is 97.2 Å². The molecule has 0 unspecified atom stereocenters. The quantitative estimate of drug-likeness (QED) is 0.242. The summed E-state index contributed by atoms with van der Waals surface area (Å²) in [6.45, 7) is 2.99. The van der Waals surface area contributed by atoms with E-state index in [4.69, 9.17) is 23.2 Å². The maximum absolute atomic E-state index is 13.6. The molecule has 0 saturated carbocycles. The first-order valence-electron chi connectivity index (χ1n) is 12.1. The highest BCUT2D eigenvalue weighted by Crippen LogP contribution is 2.23. The second-order valence-electron chi connectivity index (χ2n) is 8.58. The highest BCUT2D eigenvalue weighted by atomic mass is 35.5. The van der Waals surface area contributed by atoms with Gasteiger partial charge in [0, 0.05) is 35.3 Å². The smallest absolute Gasteiger partial charge is 0.243 e. The zero-order valence-electron chi connectivity index (χ0n) is 20.5. The normalized spacial score (nSPS) is 11.6. The van der Waals surface area contributed by atoms with E-state index in [1.807, 2.05) is 66.7 Å². The monoisotopic (exact) mass is 542 g/mol. The van der Waals surface area contributed by atoms with Crippen molar-refractivity contribution in [3.63, 3.8) is 0 Å². The first kappa shape index (κ1) is 28.1. The first-order valence-corrected chi connectivity index (χ1v) is 14.1. The predicted molar refractivity (Wildman–Crippen MR) is 151 cm³/mol. The van der Waals surface area contributed by atoms with Crippen LogP contribution in [-0.2, 0) is 28.3 Å². The molecule has 3 aromatic rings. The molecular weight excluding hydrogens is 511 g/mol. The third kappa shape index (κ3) is 8.88. The molecule has 0 aliphatic heterocycles. The van der Waals surface area contributed by atoms with E-state index in [9.17, 15) is 9.59 Å². The van der Waals surface area contributed by atoms with Crippen molar-refractivity contribution in [2.75, 3.05) is 12.3 Å². The number of rotatable bonds is 13. The number of carbonyl (C=O) groups excluding carboxylic acids is 2. The van der Waals surface area contributed by atoms with Crippen molar-refractivity contribution >= 4 is 46.8 Å². The Morgan fingerprint density at radius 2 is 1.61 bits per heavy atom. The van der Waals surface area contributed by atoms with Gasteiger partial charge in [-0.05, 0) is 41.3 Å². The Bertz CT molecular complexity index is 1110. The molecule has 0 aliphatic carbocycles. The summed E-state index contributed by atoms with van der Waals surface area (Å²) >= 11 is 13.9. The topological polar surface area (TPSA) is 49.4 Å². The molecule has 2 amide bonds. The number of hydrogen-bond donors (Lipinski definition) is 1. The summed E-state index contributed by atoms with van der Waals surface area (Å²) in [4.78, 5) is 28.7. The Balaban J connectivity index is 1.83. The lowest BCUT2D eigenvalue weighted by molar-refractivity contribution is -0.139. The average Bonchev–Trinajstić information content (AvgIpc) is 2.89. The van der Waals surface area contributed by atoms with Crippen LogP contribution in [0.25, 0.3) is 0 Å². The lowest BCUT2D eigenvalue weighted by atomic mass is 10.0. The summed E-state index contributed by atoms with van der Waals surface area (Å²) < 4.78 is 0. The Morgan fingerprint density at radius 1 is 0.917 bits per heavy atom. The molecule has 0 spiro atoms. The number of hydrogen-bond acceptors (Lipinski definition) is 3. The molecular formula is C29H32Cl2N2O2S. The lowest BCUT2D eigenvalue weighted by Gasteiger charge is -2.31. The van der Waals surface area contributed by atoms with Crippen LogP contribution in [0.2, 0.25) is 10.0 Å². The van der Waals surface area contributed by atoms with Crippen LogP contribution < -0.4 is 5.32 Å². The van der Waals surface area contributed by atoms with Gasteiger partial charge in [-0.25, -0.2) is 0 Å². The van der Waals surface area contributed by atoms with Gasteiger partial charge in [-0.3, -0.25) is 9.59 Å². The Labute approximate surface area is 228 Å². The number of amides is 2. The molecule has 1 atom stereocenters. The van der Waals surface area contributed by atoms with Gasteiger partial charge >= 0.3 is 0 Å². The van der Waals surface area contributed by atoms with E-state index in [1.165, 1.54) is 11.8 Å². The van der Waals surface area contributed by atoms with Crippen LogP contribution in [-0.4, -0.2) is 35.1 Å². The summed E-state index contributed by atoms with van der Waals surface area (Å²) in [5.74, 6) is 0.637. The Hall–Kier alpha value is -2.47. The summed E-state index contributed by atoms with van der Waals surface area (Å²) in [5, 5.41) is 4.36. The van der Waals surface area contributed by atoms with E-state index in [0.29, 0.717) is 35.3 Å². The van der Waals surface area contributed by atoms with Crippen molar-refractivity contribution in [1.29, 1.82) is 0 Å². The molecule has 7 heteroatoms. The van der Waals surface area contributed by atoms with E-state index < -0.39 is 6.04 Å². The molecule has 3 aromatic carbocycles. The Kier molecular flexibility index (Phi) is 11.7. The summed E-state index contributed by atoms with van der Waals surface area (Å²) in [6, 6.07) is 24.2. The molecule has 36 heavy (non-hydrogen) atoms. The van der Waals surface area contributed by atoms with Crippen LogP contribution in [0.15, 0.2) is 78.9 Å². The minimum atomic E-state index is -0.631. The fraction of sp³-hybridized carbons (Fsp3) is 0.310. The standard InChI is InChI=1S/C29H32Cl2N2O2S/c1-2-3-17-32-29(35)27(18-22-9-5-4-6-10-22)33(19-23-13-15-25(30)16-14-23)28(34)21-36-20-24-11-7-8-12-26(24)31/h4-16,27H,2-3,17-21H2,1H3,(H,32,35)/t27-/m1/s1. The summed E-state index contributed by atoms with van der Waals surface area (Å²) in [6.07, 6.45) is 2.31. The summed E-state index contributed by atoms with van der Waals surface area (Å²) in [7, 11) is 0. The maximum atomic E-state index is 13.6. The minimum absolute atomic E-state index is 0.0893. The third-order valence-corrected chi connectivity index (χ3v) is 7.39. The van der Waals surface area contributed by atoms with Crippen molar-refractivity contribution in [2.45, 2.75) is 44.5 Å². The maximum Gasteiger partial charge on any atom is 0.243 e. The second kappa shape index (κ2) is 14.9. The van der Waals surface area contributed by atoms with Gasteiger partial charge in [0.15, 0.2) is 0 Å². The van der Waals surface area contributed by atoms with E-state index >= 15 is 0 Å². The Morgan fingerprint density at radius 3 is 2.31 bits per heavy atom. The number of nitrogens with one attached hydrogen (secondary N) is 1. The minimum Gasteiger partial charge on any atom is -0.354 e. The van der Waals surface area contributed by atoms with Crippen molar-refractivity contribution in [3.05, 3.63) is 106 Å². The molecule has 0 fully saturated rings. The summed E-state index contributed by atoms with van der Waals surface area (Å²) in [5.41, 5.74) is 2.91. The number of nitrogens with zero attached hydrogens (tertiary/aromatic N) is 1. The van der Waals surface area contributed by atoms with Crippen LogP contribution in [0.4, 0.5) is 0 Å². The molecule has 0 bridgehead atoms. The van der Waals surface area contributed by atoms with Gasteiger partial charge < -0.3 is 10.2 Å². The highest BCUT2D eigenvalue weighted by Gasteiger charge is 2.30. The molecule has 1 N–H and O–H groups in total. The molecule has 4 nitrogen and oxygen atoms in total. The van der Waals surface area contributed by atoms with Crippen LogP contribution >= 0.6 is 35.0 Å². The zero-order chi connectivity index (χ0) is 25.8. The van der Waals surface area contributed by atoms with Crippen molar-refractivity contribution < 1.29 is 9.59 Å². The second-order valence-corrected chi connectivity index (χ2v) is 10.4. The molecule has 0 heterocycles. The molecule has 3 rings (SSSR count). The highest BCUT2D eigenvalue weighted by molar-refractivity contribution is 7.99. The lowest BCUT2D eigenvalue weighted by Crippen LogP contribution is -2.51. The number of carbonyl (C=O) groups is 2. The molecule has 0 aliphatic rings. The van der Waals surface area contributed by atoms with Crippen LogP contribution in [0, 0.1) is 0 Å². The predicted octanol–water partition coefficient (Wildman–Crippen LogP) is 6.78. The molecule has 190 valence electrons. The van der Waals surface area contributed by atoms with Crippen molar-refractivity contribution in [1.82, 2.24) is 10.2 Å². The van der Waals surface area contributed by atoms with Gasteiger partial charge in [-0.2, -0.15) is 0 Å². The van der Waals surface area contributed by atoms with Gasteiger partial charge in [0.1, 0.15) is 6.04 Å². The van der Waals surface area contributed by atoms with Crippen LogP contribution in [0.1, 0.15) is 36.5 Å². The molecule has 0 saturated heterocycles. The van der Waals surface area contributed by atoms with Gasteiger partial charge in [0.05, 0.1) is 5.75 Å². The van der Waals surface area contributed by atoms with E-state index in [2.05, 4.69) is 12.2 Å². The van der Waals surface area contributed by atoms with Gasteiger partial charge in [0.2, 0.25) is 11.8 Å². The first-order chi connectivity index (χ1) is 17.5.